The molecule has 0 spiro atoms. The third-order valence-electron chi connectivity index (χ3n) is 1.34. The van der Waals surface area contributed by atoms with Crippen molar-refractivity contribution in [2.45, 2.75) is 19.9 Å². The normalized spacial score (nSPS) is 9.92. The zero-order valence-corrected chi connectivity index (χ0v) is 7.24. The van der Waals surface area contributed by atoms with Crippen LogP contribution >= 0.6 is 0 Å². The molecule has 0 bridgehead atoms. The Morgan fingerprint density at radius 3 is 2.92 bits per heavy atom. The van der Waals surface area contributed by atoms with E-state index in [1.54, 1.807) is 24.5 Å². The van der Waals surface area contributed by atoms with Gasteiger partial charge in [-0.2, -0.15) is 0 Å². The highest BCUT2D eigenvalue weighted by atomic mass is 16.1. The van der Waals surface area contributed by atoms with Gasteiger partial charge in [0.1, 0.15) is 0 Å². The maximum Gasteiger partial charge on any atom is 0.253 e. The average Bonchev–Trinajstić information content (AvgIpc) is 2.05. The molecule has 0 unspecified atom stereocenters. The fourth-order valence-electron chi connectivity index (χ4n) is 0.843. The number of rotatable bonds is 2. The number of carbonyl (C=O) groups is 1. The molecule has 0 radical (unpaired) electrons. The van der Waals surface area contributed by atoms with Gasteiger partial charge in [0, 0.05) is 19.9 Å². The molecule has 3 nitrogen and oxygen atoms in total. The summed E-state index contributed by atoms with van der Waals surface area (Å²) < 4.78 is 0. The van der Waals surface area contributed by atoms with Gasteiger partial charge in [-0.1, -0.05) is 0 Å². The first kappa shape index (κ1) is 8.71. The summed E-state index contributed by atoms with van der Waals surface area (Å²) >= 11 is 0. The fourth-order valence-corrected chi connectivity index (χ4v) is 0.843. The predicted molar refractivity (Wildman–Crippen MR) is 49.0 cm³/mol. The first-order valence-corrected chi connectivity index (χ1v) is 3.91. The van der Waals surface area contributed by atoms with Crippen LogP contribution in [0.1, 0.15) is 25.6 Å². The molecule has 0 aliphatic carbocycles. The predicted octanol–water partition coefficient (Wildman–Crippen LogP) is 1.47. The van der Waals surface area contributed by atoms with Crippen molar-refractivity contribution in [2.75, 3.05) is 0 Å². The standard InChI is InChI=1S/C9H12N2O.H2/c1-7(2)11-9(12)8-4-3-5-10-6-8;/h3-7H,1-2H3,(H,11,12);1H. The quantitative estimate of drug-likeness (QED) is 0.722. The van der Waals surface area contributed by atoms with E-state index in [0.29, 0.717) is 5.56 Å². The van der Waals surface area contributed by atoms with E-state index in [9.17, 15) is 4.79 Å². The highest BCUT2D eigenvalue weighted by Crippen LogP contribution is 1.95. The van der Waals surface area contributed by atoms with Crippen molar-refractivity contribution in [1.82, 2.24) is 10.3 Å². The van der Waals surface area contributed by atoms with Crippen LogP contribution in [0.2, 0.25) is 0 Å². The molecule has 0 aliphatic rings. The minimum absolute atomic E-state index is 0. The van der Waals surface area contributed by atoms with Crippen molar-refractivity contribution in [3.8, 4) is 0 Å². The lowest BCUT2D eigenvalue weighted by Crippen LogP contribution is -2.30. The van der Waals surface area contributed by atoms with Crippen molar-refractivity contribution in [3.63, 3.8) is 0 Å². The van der Waals surface area contributed by atoms with E-state index in [1.807, 2.05) is 13.8 Å². The van der Waals surface area contributed by atoms with Gasteiger partial charge < -0.3 is 5.32 Å². The first-order chi connectivity index (χ1) is 5.70. The molecule has 0 aliphatic heterocycles. The number of aromatic nitrogens is 1. The highest BCUT2D eigenvalue weighted by molar-refractivity contribution is 5.93. The highest BCUT2D eigenvalue weighted by Gasteiger charge is 2.04. The van der Waals surface area contributed by atoms with Crippen LogP contribution in [0.15, 0.2) is 24.5 Å². The molecule has 12 heavy (non-hydrogen) atoms. The molecule has 3 heteroatoms. The van der Waals surface area contributed by atoms with E-state index >= 15 is 0 Å². The van der Waals surface area contributed by atoms with Crippen LogP contribution in [-0.2, 0) is 0 Å². The summed E-state index contributed by atoms with van der Waals surface area (Å²) in [6.45, 7) is 3.85. The van der Waals surface area contributed by atoms with E-state index in [4.69, 9.17) is 0 Å². The van der Waals surface area contributed by atoms with Gasteiger partial charge >= 0.3 is 0 Å². The second-order valence-electron chi connectivity index (χ2n) is 2.87. The maximum absolute atomic E-state index is 11.3. The lowest BCUT2D eigenvalue weighted by Gasteiger charge is -2.06. The Kier molecular flexibility index (Phi) is 2.80. The van der Waals surface area contributed by atoms with Crippen LogP contribution in [0.5, 0.6) is 0 Å². The Morgan fingerprint density at radius 2 is 2.42 bits per heavy atom. The van der Waals surface area contributed by atoms with Gasteiger partial charge in [-0.05, 0) is 26.0 Å². The summed E-state index contributed by atoms with van der Waals surface area (Å²) in [4.78, 5) is 15.2. The minimum Gasteiger partial charge on any atom is -0.350 e. The van der Waals surface area contributed by atoms with Crippen molar-refractivity contribution in [1.29, 1.82) is 0 Å². The van der Waals surface area contributed by atoms with E-state index in [2.05, 4.69) is 10.3 Å². The fraction of sp³-hybridized carbons (Fsp3) is 0.333. The third-order valence-corrected chi connectivity index (χ3v) is 1.34. The number of pyridine rings is 1. The molecule has 0 saturated heterocycles. The van der Waals surface area contributed by atoms with Crippen molar-refractivity contribution in [3.05, 3.63) is 30.1 Å². The number of nitrogens with one attached hydrogen (secondary N) is 1. The molecule has 1 aromatic rings. The van der Waals surface area contributed by atoms with E-state index < -0.39 is 0 Å². The topological polar surface area (TPSA) is 42.0 Å². The second kappa shape index (κ2) is 3.85. The van der Waals surface area contributed by atoms with Gasteiger partial charge in [0.15, 0.2) is 0 Å². The number of hydrogen-bond acceptors (Lipinski definition) is 2. The molecule has 0 fully saturated rings. The van der Waals surface area contributed by atoms with E-state index in [1.165, 1.54) is 0 Å². The maximum atomic E-state index is 11.3. The summed E-state index contributed by atoms with van der Waals surface area (Å²) in [6, 6.07) is 3.65. The van der Waals surface area contributed by atoms with Crippen molar-refractivity contribution < 1.29 is 6.22 Å². The molecule has 1 rings (SSSR count). The molecule has 66 valence electrons. The molecular formula is C9H14N2O. The van der Waals surface area contributed by atoms with Crippen molar-refractivity contribution in [2.24, 2.45) is 0 Å². The Bertz CT molecular complexity index is 262. The molecule has 1 aromatic heterocycles. The SMILES string of the molecule is CC(C)NC(=O)c1cccnc1.[HH]. The Hall–Kier alpha value is -1.38. The van der Waals surface area contributed by atoms with E-state index in [0.717, 1.165) is 0 Å². The Labute approximate surface area is 73.3 Å². The number of carbonyl (C=O) groups excluding carboxylic acids is 1. The summed E-state index contributed by atoms with van der Waals surface area (Å²) in [7, 11) is 0. The second-order valence-corrected chi connectivity index (χ2v) is 2.87. The molecule has 1 amide bonds. The van der Waals surface area contributed by atoms with Crippen LogP contribution in [0.4, 0.5) is 0 Å². The third kappa shape index (κ3) is 2.34. The largest absolute Gasteiger partial charge is 0.350 e. The van der Waals surface area contributed by atoms with Crippen LogP contribution in [0.3, 0.4) is 0 Å². The zero-order chi connectivity index (χ0) is 8.97. The lowest BCUT2D eigenvalue weighted by atomic mass is 10.2. The lowest BCUT2D eigenvalue weighted by molar-refractivity contribution is 0.0943. The zero-order valence-electron chi connectivity index (χ0n) is 7.24. The van der Waals surface area contributed by atoms with Gasteiger partial charge in [0.25, 0.3) is 5.91 Å². The smallest absolute Gasteiger partial charge is 0.253 e. The summed E-state index contributed by atoms with van der Waals surface area (Å²) in [5.41, 5.74) is 0.603. The van der Waals surface area contributed by atoms with Crippen LogP contribution in [0.25, 0.3) is 0 Å². The van der Waals surface area contributed by atoms with Gasteiger partial charge in [-0.25, -0.2) is 0 Å². The molecule has 0 atom stereocenters. The molecule has 0 saturated carbocycles. The molecule has 0 aromatic carbocycles. The van der Waals surface area contributed by atoms with Crippen LogP contribution in [0, 0.1) is 0 Å². The monoisotopic (exact) mass is 166 g/mol. The van der Waals surface area contributed by atoms with Gasteiger partial charge in [0.2, 0.25) is 0 Å². The van der Waals surface area contributed by atoms with Crippen molar-refractivity contribution >= 4 is 5.91 Å². The summed E-state index contributed by atoms with van der Waals surface area (Å²) in [5.74, 6) is -0.0712. The van der Waals surface area contributed by atoms with Crippen LogP contribution < -0.4 is 5.32 Å². The van der Waals surface area contributed by atoms with Gasteiger partial charge in [-0.15, -0.1) is 0 Å². The van der Waals surface area contributed by atoms with E-state index in [-0.39, 0.29) is 13.4 Å². The summed E-state index contributed by atoms with van der Waals surface area (Å²) in [6.07, 6.45) is 3.20. The molecule has 1 N–H and O–H groups in total. The Morgan fingerprint density at radius 1 is 1.67 bits per heavy atom. The van der Waals surface area contributed by atoms with Gasteiger partial charge in [0.05, 0.1) is 5.56 Å². The average molecular weight is 166 g/mol. The van der Waals surface area contributed by atoms with Crippen LogP contribution in [-0.4, -0.2) is 16.9 Å². The molecular weight excluding hydrogens is 152 g/mol. The molecule has 1 heterocycles. The van der Waals surface area contributed by atoms with Gasteiger partial charge in [-0.3, -0.25) is 9.78 Å². The number of hydrogen-bond donors (Lipinski definition) is 1. The Balaban J connectivity index is 0.00000144. The number of amides is 1. The first-order valence-electron chi connectivity index (χ1n) is 3.91. The number of nitrogens with zero attached hydrogens (tertiary/aromatic N) is 1. The summed E-state index contributed by atoms with van der Waals surface area (Å²) in [5, 5.41) is 2.78. The minimum atomic E-state index is -0.0712.